The highest BCUT2D eigenvalue weighted by Gasteiger charge is 2.20. The summed E-state index contributed by atoms with van der Waals surface area (Å²) in [4.78, 5) is 15.9. The molecule has 0 spiro atoms. The van der Waals surface area contributed by atoms with Crippen LogP contribution in [0, 0.1) is 0 Å². The molecule has 12 aromatic rings. The predicted octanol–water partition coefficient (Wildman–Crippen LogP) is 14.8. The number of aromatic nitrogens is 3. The van der Waals surface area contributed by atoms with E-state index in [1.807, 2.05) is 12.1 Å². The molecule has 4 nitrogen and oxygen atoms in total. The number of fused-ring (bicyclic) bond motifs is 8. The maximum atomic E-state index is 6.31. The lowest BCUT2D eigenvalue weighted by atomic mass is 9.92. The van der Waals surface area contributed by atoms with Gasteiger partial charge in [-0.05, 0) is 74.1 Å². The number of thiophene rings is 1. The monoisotopic (exact) mass is 757 g/mol. The van der Waals surface area contributed by atoms with Gasteiger partial charge in [-0.25, -0.2) is 15.0 Å². The second kappa shape index (κ2) is 13.1. The van der Waals surface area contributed by atoms with Crippen molar-refractivity contribution < 1.29 is 4.42 Å². The standard InChI is InChI=1S/C53H31N3OS/c1-2-14-35-32(12-1)13-9-19-36(35)33-26-28-34(29-27-33)51-54-52(56-53(55-51)44-21-11-25-48-50(44)43-18-6-8-24-47(43)58-48)41-31-30-39(37-15-3-4-16-38(37)41)40-20-10-23-46-49(40)42-17-5-7-22-45(42)57-46/h1-31H. The van der Waals surface area contributed by atoms with E-state index in [0.717, 1.165) is 71.5 Å². The van der Waals surface area contributed by atoms with E-state index in [4.69, 9.17) is 19.4 Å². The third kappa shape index (κ3) is 5.18. The summed E-state index contributed by atoms with van der Waals surface area (Å²) in [6, 6.07) is 66.2. The van der Waals surface area contributed by atoms with Crippen LogP contribution in [0.5, 0.6) is 0 Å². The van der Waals surface area contributed by atoms with E-state index < -0.39 is 0 Å². The summed E-state index contributed by atoms with van der Waals surface area (Å²) in [6.07, 6.45) is 0. The first-order chi connectivity index (χ1) is 28.7. The zero-order chi connectivity index (χ0) is 38.2. The minimum Gasteiger partial charge on any atom is -0.456 e. The molecule has 0 saturated carbocycles. The number of hydrogen-bond acceptors (Lipinski definition) is 5. The minimum atomic E-state index is 0.629. The Morgan fingerprint density at radius 3 is 1.72 bits per heavy atom. The molecule has 0 unspecified atom stereocenters. The summed E-state index contributed by atoms with van der Waals surface area (Å²) < 4.78 is 8.75. The molecular weight excluding hydrogens is 727 g/mol. The van der Waals surface area contributed by atoms with Gasteiger partial charge in [0, 0.05) is 47.6 Å². The summed E-state index contributed by atoms with van der Waals surface area (Å²) >= 11 is 1.80. The van der Waals surface area contributed by atoms with Gasteiger partial charge in [0.1, 0.15) is 11.2 Å². The van der Waals surface area contributed by atoms with Crippen LogP contribution in [0.3, 0.4) is 0 Å². The average Bonchev–Trinajstić information content (AvgIpc) is 3.87. The van der Waals surface area contributed by atoms with Gasteiger partial charge in [-0.2, -0.15) is 0 Å². The molecule has 58 heavy (non-hydrogen) atoms. The van der Waals surface area contributed by atoms with Gasteiger partial charge in [0.05, 0.1) is 0 Å². The van der Waals surface area contributed by atoms with Crippen LogP contribution in [-0.2, 0) is 0 Å². The van der Waals surface area contributed by atoms with Crippen LogP contribution in [0.15, 0.2) is 192 Å². The molecule has 3 aromatic heterocycles. The van der Waals surface area contributed by atoms with Crippen molar-refractivity contribution in [3.63, 3.8) is 0 Å². The molecule has 270 valence electrons. The number of benzene rings is 9. The Hall–Kier alpha value is -7.47. The SMILES string of the molecule is c1ccc2c(-c3ccc(-c4nc(-c5ccc(-c6cccc7oc8ccccc8c67)c6ccccc56)nc(-c5cccc6sc7ccccc7c56)n4)cc3)cccc2c1. The first-order valence-electron chi connectivity index (χ1n) is 19.4. The van der Waals surface area contributed by atoms with Crippen LogP contribution in [0.2, 0.25) is 0 Å². The molecular formula is C53H31N3OS. The Labute approximate surface area is 337 Å². The molecule has 0 aliphatic rings. The Balaban J connectivity index is 1.07. The Morgan fingerprint density at radius 1 is 0.310 bits per heavy atom. The van der Waals surface area contributed by atoms with Crippen molar-refractivity contribution in [1.82, 2.24) is 15.0 Å². The van der Waals surface area contributed by atoms with Crippen LogP contribution in [0.4, 0.5) is 0 Å². The molecule has 9 aromatic carbocycles. The highest BCUT2D eigenvalue weighted by molar-refractivity contribution is 7.25. The third-order valence-corrected chi connectivity index (χ3v) is 12.5. The molecule has 3 heterocycles. The second-order valence-electron chi connectivity index (χ2n) is 14.7. The molecule has 0 amide bonds. The van der Waals surface area contributed by atoms with Crippen molar-refractivity contribution >= 4 is 75.0 Å². The van der Waals surface area contributed by atoms with Crippen molar-refractivity contribution in [2.45, 2.75) is 0 Å². The van der Waals surface area contributed by atoms with E-state index in [9.17, 15) is 0 Å². The van der Waals surface area contributed by atoms with E-state index in [2.05, 4.69) is 176 Å². The van der Waals surface area contributed by atoms with Gasteiger partial charge in [0.2, 0.25) is 0 Å². The predicted molar refractivity (Wildman–Crippen MR) is 242 cm³/mol. The van der Waals surface area contributed by atoms with Gasteiger partial charge in [-0.3, -0.25) is 0 Å². The number of rotatable bonds is 5. The molecule has 0 aliphatic carbocycles. The van der Waals surface area contributed by atoms with Crippen LogP contribution >= 0.6 is 11.3 Å². The van der Waals surface area contributed by atoms with Gasteiger partial charge in [-0.15, -0.1) is 11.3 Å². The van der Waals surface area contributed by atoms with Crippen molar-refractivity contribution in [1.29, 1.82) is 0 Å². The molecule has 0 bridgehead atoms. The molecule has 12 rings (SSSR count). The first-order valence-corrected chi connectivity index (χ1v) is 20.2. The lowest BCUT2D eigenvalue weighted by molar-refractivity contribution is 0.669. The summed E-state index contributed by atoms with van der Waals surface area (Å²) in [5.41, 5.74) is 9.23. The fourth-order valence-electron chi connectivity index (χ4n) is 8.71. The van der Waals surface area contributed by atoms with E-state index in [-0.39, 0.29) is 0 Å². The van der Waals surface area contributed by atoms with Crippen molar-refractivity contribution in [2.75, 3.05) is 0 Å². The highest BCUT2D eigenvalue weighted by atomic mass is 32.1. The Kier molecular flexibility index (Phi) is 7.37. The zero-order valence-corrected chi connectivity index (χ0v) is 31.9. The summed E-state index contributed by atoms with van der Waals surface area (Å²) in [5.74, 6) is 1.91. The van der Waals surface area contributed by atoms with Gasteiger partial charge in [0.15, 0.2) is 17.5 Å². The van der Waals surface area contributed by atoms with Gasteiger partial charge < -0.3 is 4.42 Å². The second-order valence-corrected chi connectivity index (χ2v) is 15.8. The summed E-state index contributed by atoms with van der Waals surface area (Å²) in [6.45, 7) is 0. The normalized spacial score (nSPS) is 11.8. The first kappa shape index (κ1) is 32.7. The van der Waals surface area contributed by atoms with Crippen molar-refractivity contribution in [2.24, 2.45) is 0 Å². The number of furan rings is 1. The third-order valence-electron chi connectivity index (χ3n) is 11.4. The highest BCUT2D eigenvalue weighted by Crippen LogP contribution is 2.43. The Bertz CT molecular complexity index is 3580. The topological polar surface area (TPSA) is 51.8 Å². The van der Waals surface area contributed by atoms with E-state index in [1.165, 1.54) is 31.1 Å². The number of para-hydroxylation sites is 1. The molecule has 0 N–H and O–H groups in total. The fraction of sp³-hybridized carbons (Fsp3) is 0. The molecule has 0 atom stereocenters. The lowest BCUT2D eigenvalue weighted by Gasteiger charge is -2.14. The average molecular weight is 758 g/mol. The van der Waals surface area contributed by atoms with Crippen LogP contribution in [-0.4, -0.2) is 15.0 Å². The fourth-order valence-corrected chi connectivity index (χ4v) is 9.84. The number of hydrogen-bond donors (Lipinski definition) is 0. The number of nitrogens with zero attached hydrogens (tertiary/aromatic N) is 3. The van der Waals surface area contributed by atoms with Crippen LogP contribution in [0.25, 0.3) is 120 Å². The molecule has 0 radical (unpaired) electrons. The summed E-state index contributed by atoms with van der Waals surface area (Å²) in [5, 5.41) is 9.23. The van der Waals surface area contributed by atoms with Crippen LogP contribution in [0.1, 0.15) is 0 Å². The van der Waals surface area contributed by atoms with E-state index in [0.29, 0.717) is 17.5 Å². The minimum absolute atomic E-state index is 0.629. The lowest BCUT2D eigenvalue weighted by Crippen LogP contribution is -2.01. The summed E-state index contributed by atoms with van der Waals surface area (Å²) in [7, 11) is 0. The zero-order valence-electron chi connectivity index (χ0n) is 31.1. The van der Waals surface area contributed by atoms with E-state index >= 15 is 0 Å². The van der Waals surface area contributed by atoms with E-state index in [1.54, 1.807) is 11.3 Å². The van der Waals surface area contributed by atoms with Crippen molar-refractivity contribution in [3.05, 3.63) is 188 Å². The maximum Gasteiger partial charge on any atom is 0.164 e. The molecule has 5 heteroatoms. The van der Waals surface area contributed by atoms with Gasteiger partial charge in [-0.1, -0.05) is 158 Å². The Morgan fingerprint density at radius 2 is 0.862 bits per heavy atom. The van der Waals surface area contributed by atoms with Gasteiger partial charge in [0.25, 0.3) is 0 Å². The van der Waals surface area contributed by atoms with Crippen LogP contribution < -0.4 is 0 Å². The molecule has 0 aliphatic heterocycles. The van der Waals surface area contributed by atoms with Crippen molar-refractivity contribution in [3.8, 4) is 56.4 Å². The maximum absolute atomic E-state index is 6.31. The molecule has 0 saturated heterocycles. The smallest absolute Gasteiger partial charge is 0.164 e. The largest absolute Gasteiger partial charge is 0.456 e. The van der Waals surface area contributed by atoms with Gasteiger partial charge >= 0.3 is 0 Å². The molecule has 0 fully saturated rings. The quantitative estimate of drug-likeness (QED) is 0.175.